The number of nitrogens with one attached hydrogen (secondary N) is 3. The van der Waals surface area contributed by atoms with Crippen LogP contribution >= 0.6 is 34.8 Å². The molecule has 2 aliphatic carbocycles. The Morgan fingerprint density at radius 3 is 1.38 bits per heavy atom. The maximum absolute atomic E-state index is 13.6. The number of nitrogen functional groups attached to an aromatic ring is 2. The van der Waals surface area contributed by atoms with Crippen molar-refractivity contribution < 1.29 is 46.9 Å². The minimum atomic E-state index is -0.741. The Hall–Kier alpha value is -5.83. The van der Waals surface area contributed by atoms with Gasteiger partial charge in [-0.1, -0.05) is 0 Å². The molecule has 2 fully saturated rings. The Balaban J connectivity index is 0.000000305. The molecule has 1 amide bonds. The molecule has 2 aliphatic rings. The molecule has 23 heteroatoms. The fourth-order valence-corrected chi connectivity index (χ4v) is 7.07. The highest BCUT2D eigenvalue weighted by atomic mass is 35.5. The summed E-state index contributed by atoms with van der Waals surface area (Å²) in [4.78, 5) is 63.8. The van der Waals surface area contributed by atoms with Crippen LogP contribution in [0.25, 0.3) is 0 Å². The van der Waals surface area contributed by atoms with Gasteiger partial charge < -0.3 is 52.1 Å². The Morgan fingerprint density at radius 1 is 0.662 bits per heavy atom. The van der Waals surface area contributed by atoms with Crippen LogP contribution in [0.1, 0.15) is 111 Å². The smallest absolute Gasteiger partial charge is 0.407 e. The lowest BCUT2D eigenvalue weighted by atomic mass is 9.91. The molecular weight excluding hydrogens is 953 g/mol. The van der Waals surface area contributed by atoms with Crippen LogP contribution in [-0.2, 0) is 9.47 Å². The monoisotopic (exact) mass is 1010 g/mol. The number of carbonyl (C=O) groups excluding carboxylic acids is 4. The lowest BCUT2D eigenvalue weighted by Gasteiger charge is -2.29. The van der Waals surface area contributed by atoms with Gasteiger partial charge in [0.1, 0.15) is 34.8 Å². The van der Waals surface area contributed by atoms with Crippen molar-refractivity contribution in [1.82, 2.24) is 25.3 Å². The highest BCUT2D eigenvalue weighted by Gasteiger charge is 2.26. The molecule has 4 aromatic rings. The number of rotatable bonds is 13. The van der Waals surface area contributed by atoms with Gasteiger partial charge >= 0.3 is 11.5 Å². The number of alkyl carbamates (subject to hydrolysis) is 1. The van der Waals surface area contributed by atoms with E-state index >= 15 is 0 Å². The molecule has 0 bridgehead atoms. The predicted octanol–water partition coefficient (Wildman–Crippen LogP) is 8.61. The van der Waals surface area contributed by atoms with E-state index in [2.05, 4.69) is 40.6 Å². The molecule has 0 saturated heterocycles. The van der Waals surface area contributed by atoms with Gasteiger partial charge in [-0.3, -0.25) is 9.59 Å². The Kier molecular flexibility index (Phi) is 23.7. The van der Waals surface area contributed by atoms with Gasteiger partial charge in [0.05, 0.1) is 54.0 Å². The number of ketones is 2. The zero-order valence-electron chi connectivity index (χ0n) is 38.6. The van der Waals surface area contributed by atoms with E-state index in [0.717, 1.165) is 63.5 Å². The van der Waals surface area contributed by atoms with Crippen molar-refractivity contribution in [2.75, 3.05) is 41.7 Å². The van der Waals surface area contributed by atoms with Crippen molar-refractivity contribution in [2.45, 2.75) is 115 Å². The maximum atomic E-state index is 13.6. The van der Waals surface area contributed by atoms with E-state index in [4.69, 9.17) is 66.2 Å². The number of aromatic nitrogens is 4. The number of hydrogen-bond acceptors (Lipinski definition) is 17. The molecule has 68 heavy (non-hydrogen) atoms. The third kappa shape index (κ3) is 18.7. The highest BCUT2D eigenvalue weighted by molar-refractivity contribution is 6.61. The molecule has 2 aromatic heterocycles. The van der Waals surface area contributed by atoms with Gasteiger partial charge in [0.2, 0.25) is 23.5 Å². The van der Waals surface area contributed by atoms with Crippen molar-refractivity contribution in [2.24, 2.45) is 5.73 Å². The molecule has 6 rings (SSSR count). The molecular formula is C45H59Cl3F2N10O8. The summed E-state index contributed by atoms with van der Waals surface area (Å²) in [6, 6.07) is 8.06. The maximum Gasteiger partial charge on any atom is 0.407 e. The molecule has 0 radical (unpaired) electrons. The number of benzene rings is 2. The van der Waals surface area contributed by atoms with Crippen LogP contribution in [0.2, 0.25) is 0 Å². The topological polar surface area (TPSA) is 271 Å². The summed E-state index contributed by atoms with van der Waals surface area (Å²) in [7, 11) is 2.81. The highest BCUT2D eigenvalue weighted by Crippen LogP contribution is 2.28. The van der Waals surface area contributed by atoms with Crippen LogP contribution in [0.15, 0.2) is 48.8 Å². The van der Waals surface area contributed by atoms with Gasteiger partial charge in [-0.2, -0.15) is 9.97 Å². The van der Waals surface area contributed by atoms with Crippen molar-refractivity contribution in [3.63, 3.8) is 0 Å². The number of hydrogen-bond donors (Lipinski definition) is 6. The summed E-state index contributed by atoms with van der Waals surface area (Å²) in [5.74, 6) is -0.919. The van der Waals surface area contributed by atoms with E-state index in [1.807, 2.05) is 0 Å². The second-order valence-electron chi connectivity index (χ2n) is 15.9. The normalized spacial score (nSPS) is 17.3. The number of methoxy groups -OCH3 is 2. The first kappa shape index (κ1) is 56.5. The molecule has 0 spiro atoms. The van der Waals surface area contributed by atoms with Crippen molar-refractivity contribution in [3.05, 3.63) is 82.7 Å². The van der Waals surface area contributed by atoms with Gasteiger partial charge in [-0.05, 0) is 115 Å². The predicted molar refractivity (Wildman–Crippen MR) is 258 cm³/mol. The van der Waals surface area contributed by atoms with Crippen molar-refractivity contribution in [3.8, 4) is 11.5 Å². The van der Waals surface area contributed by atoms with Crippen molar-refractivity contribution >= 4 is 81.4 Å². The molecule has 2 heterocycles. The minimum absolute atomic E-state index is 0.00871. The summed E-state index contributed by atoms with van der Waals surface area (Å²) in [6.45, 7) is 7.08. The number of anilines is 4. The van der Waals surface area contributed by atoms with Crippen molar-refractivity contribution in [1.29, 1.82) is 0 Å². The van der Waals surface area contributed by atoms with Crippen LogP contribution in [0.3, 0.4) is 0 Å². The summed E-state index contributed by atoms with van der Waals surface area (Å²) in [5.41, 5.74) is 17.4. The fourth-order valence-electron chi connectivity index (χ4n) is 6.90. The molecule has 2 aromatic carbocycles. The SMILES string of the molecule is CC(C)OC(=O)Cl.COc1ccc(F)cc1C(=O)c1cnc(NC2CCC(N)CC2)nc1N.COc1ccc(F)cc1C(=O)c1cnc(NC2CCC(NC(=O)OC(C)C)CC2)nc1N.ClCCl. The zero-order valence-corrected chi connectivity index (χ0v) is 40.9. The van der Waals surface area contributed by atoms with E-state index < -0.39 is 34.7 Å². The number of alkyl halides is 2. The van der Waals surface area contributed by atoms with E-state index in [0.29, 0.717) is 11.9 Å². The molecule has 0 aliphatic heterocycles. The number of ether oxygens (including phenoxy) is 4. The number of carbonyl (C=O) groups is 4. The summed E-state index contributed by atoms with van der Waals surface area (Å²) < 4.78 is 46.9. The van der Waals surface area contributed by atoms with E-state index in [9.17, 15) is 28.0 Å². The second-order valence-corrected chi connectivity index (χ2v) is 17.0. The standard InChI is InChI=1S/C22H28FN5O4.C18H22FN5O2.C4H7ClO2.CH2Cl2/c1-12(2)32-22(30)27-15-7-5-14(6-8-15)26-21-25-11-17(20(24)28-21)19(29)16-10-13(23)4-9-18(16)31-3;1-26-15-7-2-10(19)8-13(15)16(25)14-9-22-18(24-17(14)21)23-12-5-3-11(20)4-6-12;1-3(2)7-4(5)6;2-1-3/h4,9-12,14-15H,5-8H2,1-3H3,(H,27,30)(H3,24,25,26,28);2,7-9,11-12H,3-6,20H2,1H3,(H3,21,22,23,24);3H,1-2H3;1H2. The van der Waals surface area contributed by atoms with Gasteiger partial charge in [0.25, 0.3) is 0 Å². The summed E-state index contributed by atoms with van der Waals surface area (Å²) in [6.07, 6.45) is 8.96. The van der Waals surface area contributed by atoms with Gasteiger partial charge in [-0.15, -0.1) is 23.2 Å². The van der Waals surface area contributed by atoms with Crippen LogP contribution in [0.4, 0.5) is 41.9 Å². The summed E-state index contributed by atoms with van der Waals surface area (Å²) in [5, 5.41) is 9.52. The number of nitrogens with zero attached hydrogens (tertiary/aromatic N) is 4. The first-order valence-corrected chi connectivity index (χ1v) is 23.0. The van der Waals surface area contributed by atoms with Gasteiger partial charge in [0, 0.05) is 48.2 Å². The lowest BCUT2D eigenvalue weighted by Crippen LogP contribution is -2.41. The number of amides is 1. The Morgan fingerprint density at radius 2 is 1.04 bits per heavy atom. The third-order valence-electron chi connectivity index (χ3n) is 10.1. The lowest BCUT2D eigenvalue weighted by molar-refractivity contribution is 0.102. The van der Waals surface area contributed by atoms with E-state index in [1.165, 1.54) is 50.9 Å². The largest absolute Gasteiger partial charge is 0.496 e. The first-order chi connectivity index (χ1) is 32.3. The quantitative estimate of drug-likeness (QED) is 0.0415. The van der Waals surface area contributed by atoms with E-state index in [1.54, 1.807) is 27.7 Å². The zero-order chi connectivity index (χ0) is 50.5. The van der Waals surface area contributed by atoms with E-state index in [-0.39, 0.29) is 87.1 Å². The van der Waals surface area contributed by atoms with Crippen LogP contribution in [-0.4, -0.2) is 99.0 Å². The minimum Gasteiger partial charge on any atom is -0.496 e. The molecule has 18 nitrogen and oxygen atoms in total. The number of nitrogens with two attached hydrogens (primary N) is 3. The van der Waals surface area contributed by atoms with Gasteiger partial charge in [-0.25, -0.2) is 28.3 Å². The molecule has 9 N–H and O–H groups in total. The number of halogens is 5. The van der Waals surface area contributed by atoms with Crippen LogP contribution < -0.4 is 42.6 Å². The fraction of sp³-hybridized carbons (Fsp3) is 0.467. The summed E-state index contributed by atoms with van der Waals surface area (Å²) >= 11 is 14.3. The molecule has 0 unspecified atom stereocenters. The van der Waals surface area contributed by atoms with Crippen LogP contribution in [0, 0.1) is 11.6 Å². The Labute approximate surface area is 409 Å². The first-order valence-electron chi connectivity index (χ1n) is 21.5. The average molecular weight is 1010 g/mol. The Bertz CT molecular complexity index is 2290. The van der Waals surface area contributed by atoms with Gasteiger partial charge in [0.15, 0.2) is 0 Å². The third-order valence-corrected chi connectivity index (χ3v) is 10.2. The molecule has 0 atom stereocenters. The second kappa shape index (κ2) is 28.5. The molecule has 372 valence electrons. The average Bonchev–Trinajstić information content (AvgIpc) is 3.27. The molecule has 2 saturated carbocycles. The van der Waals surface area contributed by atoms with Crippen LogP contribution in [0.5, 0.6) is 11.5 Å².